The van der Waals surface area contributed by atoms with E-state index in [4.69, 9.17) is 4.74 Å². The Hall–Kier alpha value is -2.53. The molecule has 0 bridgehead atoms. The van der Waals surface area contributed by atoms with E-state index < -0.39 is 0 Å². The molecule has 0 aromatic heterocycles. The van der Waals surface area contributed by atoms with Crippen LogP contribution in [0.25, 0.3) is 0 Å². The molecule has 3 atom stereocenters. The Morgan fingerprint density at radius 2 is 1.63 bits per heavy atom. The zero-order valence-corrected chi connectivity index (χ0v) is 16.5. The van der Waals surface area contributed by atoms with Crippen molar-refractivity contribution in [3.05, 3.63) is 65.2 Å². The maximum Gasteiger partial charge on any atom is 0.130 e. The van der Waals surface area contributed by atoms with Gasteiger partial charge in [-0.1, -0.05) is 37.8 Å². The number of hydrogen-bond acceptors (Lipinski definition) is 2. The van der Waals surface area contributed by atoms with Gasteiger partial charge in [0.15, 0.2) is 0 Å². The molecule has 1 saturated carbocycles. The molecule has 3 unspecified atom stereocenters. The van der Waals surface area contributed by atoms with Gasteiger partial charge < -0.3 is 9.53 Å². The zero-order chi connectivity index (χ0) is 19.2. The second kappa shape index (κ2) is 8.91. The number of rotatable bonds is 7. The summed E-state index contributed by atoms with van der Waals surface area (Å²) < 4.78 is 5.82. The van der Waals surface area contributed by atoms with Crippen molar-refractivity contribution in [2.24, 2.45) is 17.8 Å². The summed E-state index contributed by atoms with van der Waals surface area (Å²) in [6.45, 7) is 6.87. The van der Waals surface area contributed by atoms with Crippen molar-refractivity contribution in [2.75, 3.05) is 6.61 Å². The van der Waals surface area contributed by atoms with Crippen LogP contribution in [-0.2, 0) is 11.2 Å². The predicted octanol–water partition coefficient (Wildman–Crippen LogP) is 5.28. The van der Waals surface area contributed by atoms with Gasteiger partial charge in [0.05, 0.1) is 6.61 Å². The third-order valence-corrected chi connectivity index (χ3v) is 5.12. The van der Waals surface area contributed by atoms with E-state index in [1.54, 1.807) is 6.92 Å². The molecule has 0 spiro atoms. The Morgan fingerprint density at radius 3 is 2.15 bits per heavy atom. The van der Waals surface area contributed by atoms with E-state index in [0.717, 1.165) is 41.7 Å². The quantitative estimate of drug-likeness (QED) is 0.628. The van der Waals surface area contributed by atoms with Crippen molar-refractivity contribution in [2.45, 2.75) is 40.0 Å². The lowest BCUT2D eigenvalue weighted by Gasteiger charge is -2.09. The van der Waals surface area contributed by atoms with Crippen LogP contribution in [0.1, 0.15) is 50.3 Å². The maximum atomic E-state index is 11.2. The molecule has 2 aromatic carbocycles. The topological polar surface area (TPSA) is 26.3 Å². The summed E-state index contributed by atoms with van der Waals surface area (Å²) in [5.74, 6) is 9.53. The Morgan fingerprint density at radius 1 is 1.07 bits per heavy atom. The van der Waals surface area contributed by atoms with E-state index in [9.17, 15) is 4.79 Å². The second-order valence-corrected chi connectivity index (χ2v) is 7.97. The van der Waals surface area contributed by atoms with Crippen molar-refractivity contribution in [3.8, 4) is 17.6 Å². The van der Waals surface area contributed by atoms with E-state index in [2.05, 4.69) is 50.0 Å². The van der Waals surface area contributed by atoms with Gasteiger partial charge in [-0.25, -0.2) is 0 Å². The van der Waals surface area contributed by atoms with Gasteiger partial charge in [0.2, 0.25) is 0 Å². The van der Waals surface area contributed by atoms with Gasteiger partial charge in [0.1, 0.15) is 11.5 Å². The van der Waals surface area contributed by atoms with Crippen LogP contribution in [0, 0.1) is 29.6 Å². The molecule has 0 amide bonds. The molecule has 0 N–H and O–H groups in total. The number of ketones is 1. The third kappa shape index (κ3) is 6.29. The van der Waals surface area contributed by atoms with E-state index in [-0.39, 0.29) is 5.78 Å². The van der Waals surface area contributed by atoms with Crippen LogP contribution in [0.15, 0.2) is 48.5 Å². The fourth-order valence-corrected chi connectivity index (χ4v) is 3.30. The average Bonchev–Trinajstić information content (AvgIpc) is 3.35. The number of carbonyl (C=O) groups excluding carboxylic acids is 1. The third-order valence-electron chi connectivity index (χ3n) is 5.12. The Balaban J connectivity index is 1.53. The monoisotopic (exact) mass is 360 g/mol. The minimum Gasteiger partial charge on any atom is -0.493 e. The first-order chi connectivity index (χ1) is 13.0. The highest BCUT2D eigenvalue weighted by Gasteiger charge is 2.32. The summed E-state index contributed by atoms with van der Waals surface area (Å²) in [5, 5.41) is 0. The molecule has 27 heavy (non-hydrogen) atoms. The van der Waals surface area contributed by atoms with Gasteiger partial charge in [-0.3, -0.25) is 0 Å². The van der Waals surface area contributed by atoms with Gasteiger partial charge in [0.25, 0.3) is 0 Å². The fraction of sp³-hybridized carbons (Fsp3) is 0.400. The average molecular weight is 360 g/mol. The minimum atomic E-state index is 0.253. The first-order valence-electron chi connectivity index (χ1n) is 9.83. The van der Waals surface area contributed by atoms with Crippen LogP contribution in [0.2, 0.25) is 0 Å². The highest BCUT2D eigenvalue weighted by molar-refractivity contribution is 5.75. The Bertz CT molecular complexity index is 821. The van der Waals surface area contributed by atoms with Crippen molar-refractivity contribution in [1.82, 2.24) is 0 Å². The lowest BCUT2D eigenvalue weighted by Crippen LogP contribution is -2.04. The molecule has 140 valence electrons. The SMILES string of the molecule is CC(=O)CC(C)Cc1ccc(C#Cc2ccc(OCC3CC3C)cc2)cc1. The molecule has 1 fully saturated rings. The van der Waals surface area contributed by atoms with Crippen molar-refractivity contribution in [3.63, 3.8) is 0 Å². The molecule has 0 aliphatic heterocycles. The summed E-state index contributed by atoms with van der Waals surface area (Å²) >= 11 is 0. The van der Waals surface area contributed by atoms with E-state index >= 15 is 0 Å². The van der Waals surface area contributed by atoms with Crippen molar-refractivity contribution >= 4 is 5.78 Å². The van der Waals surface area contributed by atoms with Gasteiger partial charge in [-0.15, -0.1) is 0 Å². The summed E-state index contributed by atoms with van der Waals surface area (Å²) in [4.78, 5) is 11.2. The molecule has 0 radical (unpaired) electrons. The molecule has 0 heterocycles. The Labute approximate surface area is 163 Å². The summed E-state index contributed by atoms with van der Waals surface area (Å²) in [5.41, 5.74) is 3.24. The lowest BCUT2D eigenvalue weighted by molar-refractivity contribution is -0.117. The van der Waals surface area contributed by atoms with E-state index in [1.165, 1.54) is 12.0 Å². The number of carbonyl (C=O) groups is 1. The number of benzene rings is 2. The number of ether oxygens (including phenoxy) is 1. The first-order valence-corrected chi connectivity index (χ1v) is 9.83. The van der Waals surface area contributed by atoms with E-state index in [0.29, 0.717) is 12.3 Å². The maximum absolute atomic E-state index is 11.2. The predicted molar refractivity (Wildman–Crippen MR) is 110 cm³/mol. The molecule has 1 aliphatic carbocycles. The first kappa shape index (κ1) is 19.2. The van der Waals surface area contributed by atoms with Crippen LogP contribution < -0.4 is 4.74 Å². The summed E-state index contributed by atoms with van der Waals surface area (Å²) in [6, 6.07) is 16.3. The minimum absolute atomic E-state index is 0.253. The molecule has 3 rings (SSSR count). The number of hydrogen-bond donors (Lipinski definition) is 0. The van der Waals surface area contributed by atoms with Crippen LogP contribution in [0.3, 0.4) is 0 Å². The highest BCUT2D eigenvalue weighted by Crippen LogP contribution is 2.37. The largest absolute Gasteiger partial charge is 0.493 e. The normalized spacial score (nSPS) is 18.9. The standard InChI is InChI=1S/C25H28O2/c1-18(14-20(3)26)15-23-8-6-21(7-9-23)4-5-22-10-12-25(13-11-22)27-17-24-16-19(24)2/h6-13,18-19,24H,14-17H2,1-3H3. The molecular weight excluding hydrogens is 332 g/mol. The van der Waals surface area contributed by atoms with Crippen LogP contribution in [0.4, 0.5) is 0 Å². The highest BCUT2D eigenvalue weighted by atomic mass is 16.5. The van der Waals surface area contributed by atoms with Crippen LogP contribution in [0.5, 0.6) is 5.75 Å². The molecular formula is C25H28O2. The van der Waals surface area contributed by atoms with E-state index in [1.807, 2.05) is 24.3 Å². The van der Waals surface area contributed by atoms with Gasteiger partial charge in [-0.2, -0.15) is 0 Å². The molecule has 2 nitrogen and oxygen atoms in total. The van der Waals surface area contributed by atoms with Gasteiger partial charge in [0, 0.05) is 17.5 Å². The zero-order valence-electron chi connectivity index (χ0n) is 16.5. The molecule has 2 heteroatoms. The fourth-order valence-electron chi connectivity index (χ4n) is 3.30. The summed E-state index contributed by atoms with van der Waals surface area (Å²) in [7, 11) is 0. The lowest BCUT2D eigenvalue weighted by atomic mass is 9.96. The molecule has 0 saturated heterocycles. The Kier molecular flexibility index (Phi) is 6.35. The summed E-state index contributed by atoms with van der Waals surface area (Å²) in [6.07, 6.45) is 2.85. The van der Waals surface area contributed by atoms with Crippen LogP contribution >= 0.6 is 0 Å². The van der Waals surface area contributed by atoms with Gasteiger partial charge >= 0.3 is 0 Å². The molecule has 2 aromatic rings. The number of Topliss-reactive ketones (excluding diaryl/α,β-unsaturated/α-hetero) is 1. The van der Waals surface area contributed by atoms with Crippen molar-refractivity contribution in [1.29, 1.82) is 0 Å². The van der Waals surface area contributed by atoms with Gasteiger partial charge in [-0.05, 0) is 79.5 Å². The second-order valence-electron chi connectivity index (χ2n) is 7.97. The molecule has 1 aliphatic rings. The smallest absolute Gasteiger partial charge is 0.130 e. The van der Waals surface area contributed by atoms with Crippen LogP contribution in [-0.4, -0.2) is 12.4 Å². The van der Waals surface area contributed by atoms with Crippen molar-refractivity contribution < 1.29 is 9.53 Å².